The molecule has 0 radical (unpaired) electrons. The molecule has 1 aromatic carbocycles. The van der Waals surface area contributed by atoms with Crippen molar-refractivity contribution < 1.29 is 17.6 Å². The summed E-state index contributed by atoms with van der Waals surface area (Å²) in [6.45, 7) is 2.29. The number of allylic oxidation sites excluding steroid dienone is 1. The molecular formula is C26H27FN4O4S. The zero-order chi connectivity index (χ0) is 25.8. The molecule has 3 aliphatic rings. The summed E-state index contributed by atoms with van der Waals surface area (Å²) in [6, 6.07) is 6.86. The topological polar surface area (TPSA) is 101 Å². The summed E-state index contributed by atoms with van der Waals surface area (Å²) in [5.41, 5.74) is 3.89. The predicted molar refractivity (Wildman–Crippen MR) is 137 cm³/mol. The largest absolute Gasteiger partial charge is 0.373 e. The van der Waals surface area contributed by atoms with Gasteiger partial charge in [-0.05, 0) is 60.0 Å². The minimum absolute atomic E-state index is 0.195. The number of hydrogen-bond donors (Lipinski definition) is 2. The molecule has 1 aromatic heterocycles. The van der Waals surface area contributed by atoms with Crippen LogP contribution in [0, 0.1) is 5.82 Å². The minimum atomic E-state index is -3.42. The van der Waals surface area contributed by atoms with Gasteiger partial charge in [0.15, 0.2) is 9.84 Å². The van der Waals surface area contributed by atoms with Crippen molar-refractivity contribution in [3.8, 4) is 0 Å². The third-order valence-corrected chi connectivity index (χ3v) is 7.54. The van der Waals surface area contributed by atoms with E-state index in [1.165, 1.54) is 16.7 Å². The van der Waals surface area contributed by atoms with Gasteiger partial charge in [0.05, 0.1) is 23.1 Å². The monoisotopic (exact) mass is 510 g/mol. The van der Waals surface area contributed by atoms with E-state index in [2.05, 4.69) is 10.6 Å². The van der Waals surface area contributed by atoms with E-state index in [-0.39, 0.29) is 29.1 Å². The lowest BCUT2D eigenvalue weighted by molar-refractivity contribution is -0.123. The van der Waals surface area contributed by atoms with Crippen LogP contribution in [-0.4, -0.2) is 49.5 Å². The molecular weight excluding hydrogens is 483 g/mol. The number of nitrogens with one attached hydrogen (secondary N) is 2. The molecule has 0 fully saturated rings. The molecule has 2 unspecified atom stereocenters. The Kier molecular flexibility index (Phi) is 5.86. The van der Waals surface area contributed by atoms with Crippen LogP contribution >= 0.6 is 0 Å². The van der Waals surface area contributed by atoms with Crippen molar-refractivity contribution in [2.45, 2.75) is 25.4 Å². The van der Waals surface area contributed by atoms with Gasteiger partial charge in [0.25, 0.3) is 5.56 Å². The number of rotatable bonds is 5. The molecule has 8 nitrogen and oxygen atoms in total. The van der Waals surface area contributed by atoms with Crippen molar-refractivity contribution in [3.05, 3.63) is 87.2 Å². The van der Waals surface area contributed by atoms with Gasteiger partial charge in [-0.3, -0.25) is 9.59 Å². The van der Waals surface area contributed by atoms with E-state index >= 15 is 0 Å². The maximum absolute atomic E-state index is 13.7. The summed E-state index contributed by atoms with van der Waals surface area (Å²) in [4.78, 5) is 28.4. The highest BCUT2D eigenvalue weighted by atomic mass is 32.2. The molecule has 0 spiro atoms. The van der Waals surface area contributed by atoms with Crippen LogP contribution in [0.3, 0.4) is 0 Å². The number of fused-ring (bicyclic) bond motifs is 2. The zero-order valence-electron chi connectivity index (χ0n) is 20.2. The van der Waals surface area contributed by atoms with Crippen LogP contribution in [0.15, 0.2) is 64.7 Å². The standard InChI is InChI=1S/C26H27FN4O4S/c1-4-28-25(32)20-12-21-22-15(13-31(21)18-7-5-17(27)6-8-18)11-16(14-36(3,34)35)19-9-10-30(2)26(33)23(19)24(22)29-20/h5-11,13,20-21,29H,4,12,14H2,1-3H3,(H,28,32). The summed E-state index contributed by atoms with van der Waals surface area (Å²) < 4.78 is 39.8. The van der Waals surface area contributed by atoms with Crippen LogP contribution in [0.4, 0.5) is 10.1 Å². The van der Waals surface area contributed by atoms with Gasteiger partial charge in [-0.1, -0.05) is 0 Å². The van der Waals surface area contributed by atoms with Gasteiger partial charge in [0, 0.05) is 49.9 Å². The molecule has 2 N–H and O–H groups in total. The number of nitrogens with zero attached hydrogens (tertiary/aromatic N) is 2. The minimum Gasteiger partial charge on any atom is -0.373 e. The maximum atomic E-state index is 13.7. The Hall–Kier alpha value is -3.66. The first kappa shape index (κ1) is 24.1. The predicted octanol–water partition coefficient (Wildman–Crippen LogP) is 1.95. The van der Waals surface area contributed by atoms with Crippen LogP contribution in [0.2, 0.25) is 0 Å². The summed E-state index contributed by atoms with van der Waals surface area (Å²) >= 11 is 0. The first-order valence-electron chi connectivity index (χ1n) is 11.7. The van der Waals surface area contributed by atoms with E-state index in [9.17, 15) is 22.4 Å². The molecule has 36 heavy (non-hydrogen) atoms. The summed E-state index contributed by atoms with van der Waals surface area (Å²) in [7, 11) is -1.79. The van der Waals surface area contributed by atoms with Crippen LogP contribution in [0.5, 0.6) is 0 Å². The number of halogens is 1. The molecule has 0 bridgehead atoms. The van der Waals surface area contributed by atoms with Gasteiger partial charge in [-0.2, -0.15) is 0 Å². The summed E-state index contributed by atoms with van der Waals surface area (Å²) in [5, 5.41) is 6.17. The van der Waals surface area contributed by atoms with Crippen LogP contribution in [0.1, 0.15) is 24.5 Å². The van der Waals surface area contributed by atoms with Crippen molar-refractivity contribution >= 4 is 32.7 Å². The number of hydrogen-bond acceptors (Lipinski definition) is 6. The second-order valence-corrected chi connectivity index (χ2v) is 11.5. The van der Waals surface area contributed by atoms with E-state index in [0.717, 1.165) is 23.1 Å². The van der Waals surface area contributed by atoms with E-state index < -0.39 is 15.9 Å². The number of anilines is 1. The molecule has 5 rings (SSSR count). The average Bonchev–Trinajstić information content (AvgIpc) is 3.11. The van der Waals surface area contributed by atoms with Gasteiger partial charge in [-0.25, -0.2) is 12.8 Å². The highest BCUT2D eigenvalue weighted by Gasteiger charge is 2.43. The van der Waals surface area contributed by atoms with Crippen LogP contribution in [-0.2, 0) is 21.7 Å². The smallest absolute Gasteiger partial charge is 0.260 e. The number of aromatic nitrogens is 1. The SMILES string of the molecule is CCNC(=O)C1CC2C3=C(N1)c1c(ccn(C)c1=O)C(CS(C)(=O)=O)=CC3=CN2c1ccc(F)cc1. The van der Waals surface area contributed by atoms with E-state index in [0.29, 0.717) is 35.4 Å². The third kappa shape index (κ3) is 4.15. The number of amides is 1. The first-order valence-corrected chi connectivity index (χ1v) is 13.8. The van der Waals surface area contributed by atoms with Crippen molar-refractivity contribution in [2.24, 2.45) is 7.05 Å². The summed E-state index contributed by atoms with van der Waals surface area (Å²) in [6.07, 6.45) is 6.87. The molecule has 2 aliphatic heterocycles. The first-order chi connectivity index (χ1) is 17.1. The molecule has 2 aromatic rings. The van der Waals surface area contributed by atoms with Crippen LogP contribution < -0.4 is 21.1 Å². The lowest BCUT2D eigenvalue weighted by Gasteiger charge is -2.36. The Bertz CT molecular complexity index is 1520. The highest BCUT2D eigenvalue weighted by molar-refractivity contribution is 7.91. The Morgan fingerprint density at radius 1 is 1.22 bits per heavy atom. The van der Waals surface area contributed by atoms with Crippen molar-refractivity contribution in [1.29, 1.82) is 0 Å². The van der Waals surface area contributed by atoms with Gasteiger partial charge in [0.1, 0.15) is 11.9 Å². The van der Waals surface area contributed by atoms with Crippen LogP contribution in [0.25, 0.3) is 11.3 Å². The molecule has 0 saturated carbocycles. The molecule has 1 amide bonds. The van der Waals surface area contributed by atoms with Gasteiger partial charge < -0.3 is 20.1 Å². The van der Waals surface area contributed by atoms with E-state index in [1.807, 2.05) is 24.1 Å². The number of carbonyl (C=O) groups is 1. The fourth-order valence-corrected chi connectivity index (χ4v) is 5.99. The average molecular weight is 511 g/mol. The fraction of sp³-hybridized carbons (Fsp3) is 0.308. The molecule has 188 valence electrons. The number of aryl methyl sites for hydroxylation is 1. The Balaban J connectivity index is 1.77. The normalized spacial score (nSPS) is 20.6. The Morgan fingerprint density at radius 3 is 2.61 bits per heavy atom. The highest BCUT2D eigenvalue weighted by Crippen LogP contribution is 2.45. The molecule has 0 saturated heterocycles. The number of carbonyl (C=O) groups excluding carboxylic acids is 1. The second kappa shape index (κ2) is 8.77. The number of sulfone groups is 1. The molecule has 10 heteroatoms. The quantitative estimate of drug-likeness (QED) is 0.638. The number of pyridine rings is 1. The molecule has 2 atom stereocenters. The number of benzene rings is 1. The van der Waals surface area contributed by atoms with Gasteiger partial charge in [0.2, 0.25) is 5.91 Å². The second-order valence-electron chi connectivity index (χ2n) is 9.36. The third-order valence-electron chi connectivity index (χ3n) is 6.71. The van der Waals surface area contributed by atoms with Crippen molar-refractivity contribution in [3.63, 3.8) is 0 Å². The fourth-order valence-electron chi connectivity index (χ4n) is 5.18. The van der Waals surface area contributed by atoms with Crippen molar-refractivity contribution in [1.82, 2.24) is 15.2 Å². The lowest BCUT2D eigenvalue weighted by Crippen LogP contribution is -2.51. The zero-order valence-corrected chi connectivity index (χ0v) is 21.0. The number of likely N-dealkylation sites (N-methyl/N-ethyl adjacent to an activating group) is 1. The van der Waals surface area contributed by atoms with E-state index in [4.69, 9.17) is 0 Å². The Morgan fingerprint density at radius 2 is 1.94 bits per heavy atom. The molecule has 3 heterocycles. The molecule has 1 aliphatic carbocycles. The summed E-state index contributed by atoms with van der Waals surface area (Å²) in [5.74, 6) is -0.802. The van der Waals surface area contributed by atoms with E-state index in [1.54, 1.807) is 31.4 Å². The maximum Gasteiger partial charge on any atom is 0.260 e. The lowest BCUT2D eigenvalue weighted by atomic mass is 9.88. The Labute approximate surface area is 208 Å². The van der Waals surface area contributed by atoms with Gasteiger partial charge in [-0.15, -0.1) is 0 Å². The van der Waals surface area contributed by atoms with Gasteiger partial charge >= 0.3 is 0 Å². The van der Waals surface area contributed by atoms with Crippen molar-refractivity contribution in [2.75, 3.05) is 23.5 Å².